The predicted molar refractivity (Wildman–Crippen MR) is 163 cm³/mol. The summed E-state index contributed by atoms with van der Waals surface area (Å²) in [4.78, 5) is 12.4. The Bertz CT molecular complexity index is 713. The van der Waals surface area contributed by atoms with Crippen molar-refractivity contribution < 1.29 is 14.6 Å². The van der Waals surface area contributed by atoms with Crippen molar-refractivity contribution in [2.45, 2.75) is 151 Å². The fraction of sp³-hybridized carbons (Fsp3) is 0.800. The second-order valence-corrected chi connectivity index (χ2v) is 13.8. The fourth-order valence-electron chi connectivity index (χ4n) is 5.80. The van der Waals surface area contributed by atoms with Crippen molar-refractivity contribution in [1.29, 1.82) is 0 Å². The number of aliphatic hydroxyl groups is 1. The maximum Gasteiger partial charge on any atom is 0.306 e. The van der Waals surface area contributed by atoms with Crippen molar-refractivity contribution in [3.63, 3.8) is 0 Å². The molecule has 220 valence electrons. The monoisotopic (exact) mass is 530 g/mol. The lowest BCUT2D eigenvalue weighted by molar-refractivity contribution is -0.145. The van der Waals surface area contributed by atoms with E-state index in [0.29, 0.717) is 25.9 Å². The summed E-state index contributed by atoms with van der Waals surface area (Å²) in [7, 11) is 0. The highest BCUT2D eigenvalue weighted by Crippen LogP contribution is 2.42. The largest absolute Gasteiger partial charge is 0.466 e. The number of ether oxygens (including phenoxy) is 1. The summed E-state index contributed by atoms with van der Waals surface area (Å²) >= 11 is 0. The number of benzene rings is 1. The molecule has 0 aliphatic rings. The Kier molecular flexibility index (Phi) is 17.2. The Morgan fingerprint density at radius 1 is 0.737 bits per heavy atom. The average molecular weight is 531 g/mol. The topological polar surface area (TPSA) is 46.5 Å². The molecule has 3 atom stereocenters. The van der Waals surface area contributed by atoms with Gasteiger partial charge in [0.2, 0.25) is 0 Å². The highest BCUT2D eigenvalue weighted by Gasteiger charge is 2.40. The Morgan fingerprint density at radius 3 is 1.71 bits per heavy atom. The second-order valence-electron chi connectivity index (χ2n) is 13.8. The molecule has 1 aromatic rings. The lowest BCUT2D eigenvalue weighted by Crippen LogP contribution is -2.43. The molecule has 38 heavy (non-hydrogen) atoms. The molecule has 0 spiro atoms. The number of esters is 1. The molecule has 0 amide bonds. The van der Waals surface area contributed by atoms with Crippen LogP contribution in [0.25, 0.3) is 0 Å². The van der Waals surface area contributed by atoms with Crippen LogP contribution in [-0.2, 0) is 16.0 Å². The minimum Gasteiger partial charge on any atom is -0.466 e. The number of rotatable bonds is 20. The molecule has 1 N–H and O–H groups in total. The summed E-state index contributed by atoms with van der Waals surface area (Å²) in [6.07, 6.45) is 17.2. The van der Waals surface area contributed by atoms with Gasteiger partial charge in [0.15, 0.2) is 0 Å². The quantitative estimate of drug-likeness (QED) is 0.135. The first kappa shape index (κ1) is 34.7. The molecule has 1 aromatic carbocycles. The maximum absolute atomic E-state index is 12.4. The number of carbonyl (C=O) groups excluding carboxylic acids is 1. The number of carbonyl (C=O) groups is 1. The van der Waals surface area contributed by atoms with Crippen molar-refractivity contribution in [1.82, 2.24) is 0 Å². The first-order valence-electron chi connectivity index (χ1n) is 15.8. The van der Waals surface area contributed by atoms with Crippen molar-refractivity contribution in [3.05, 3.63) is 35.9 Å². The van der Waals surface area contributed by atoms with Crippen LogP contribution in [0.1, 0.15) is 144 Å². The van der Waals surface area contributed by atoms with Crippen LogP contribution in [0.2, 0.25) is 0 Å². The molecular formula is C35H62O3. The molecule has 1 rings (SSSR count). The van der Waals surface area contributed by atoms with E-state index in [1.54, 1.807) is 0 Å². The minimum absolute atomic E-state index is 0.0355. The van der Waals surface area contributed by atoms with Gasteiger partial charge in [0.1, 0.15) is 0 Å². The minimum atomic E-state index is -0.402. The van der Waals surface area contributed by atoms with Gasteiger partial charge in [-0.05, 0) is 47.5 Å². The first-order valence-corrected chi connectivity index (χ1v) is 15.8. The van der Waals surface area contributed by atoms with Gasteiger partial charge in [-0.15, -0.1) is 0 Å². The molecule has 0 heterocycles. The molecule has 0 radical (unpaired) electrons. The smallest absolute Gasteiger partial charge is 0.306 e. The highest BCUT2D eigenvalue weighted by atomic mass is 16.5. The van der Waals surface area contributed by atoms with Gasteiger partial charge in [-0.1, -0.05) is 149 Å². The summed E-state index contributed by atoms with van der Waals surface area (Å²) in [6, 6.07) is 10.1. The SMILES string of the molecule is CCCCCCCCCCCCCC(C(O)C(CCOC(=O)CCc1ccccc1)C(C)(C)C)C(C)(C)C. The second kappa shape index (κ2) is 18.9. The molecule has 3 unspecified atom stereocenters. The number of hydrogen-bond donors (Lipinski definition) is 1. The molecule has 3 nitrogen and oxygen atoms in total. The van der Waals surface area contributed by atoms with Crippen LogP contribution >= 0.6 is 0 Å². The van der Waals surface area contributed by atoms with Gasteiger partial charge >= 0.3 is 5.97 Å². The summed E-state index contributed by atoms with van der Waals surface area (Å²) in [5.41, 5.74) is 1.13. The Morgan fingerprint density at radius 2 is 1.21 bits per heavy atom. The lowest BCUT2D eigenvalue weighted by atomic mass is 9.65. The average Bonchev–Trinajstić information content (AvgIpc) is 2.85. The summed E-state index contributed by atoms with van der Waals surface area (Å²) in [6.45, 7) is 16.1. The zero-order chi connectivity index (χ0) is 28.4. The highest BCUT2D eigenvalue weighted by molar-refractivity contribution is 5.69. The Balaban J connectivity index is 2.48. The van der Waals surface area contributed by atoms with E-state index in [0.717, 1.165) is 12.0 Å². The summed E-state index contributed by atoms with van der Waals surface area (Å²) < 4.78 is 5.63. The van der Waals surface area contributed by atoms with E-state index >= 15 is 0 Å². The standard InChI is InChI=1S/C35H62O3/c1-8-9-10-11-12-13-14-15-16-17-21-24-30(34(2,3)4)33(37)31(35(5,6)7)27-28-38-32(36)26-25-29-22-19-18-20-23-29/h18-20,22-23,30-31,33,37H,8-17,21,24-28H2,1-7H3. The van der Waals surface area contributed by atoms with Crippen molar-refractivity contribution in [3.8, 4) is 0 Å². The van der Waals surface area contributed by atoms with Gasteiger partial charge in [0.05, 0.1) is 12.7 Å². The zero-order valence-electron chi connectivity index (χ0n) is 26.2. The maximum atomic E-state index is 12.4. The number of aryl methyl sites for hydroxylation is 1. The predicted octanol–water partition coefficient (Wildman–Crippen LogP) is 9.94. The van der Waals surface area contributed by atoms with E-state index in [9.17, 15) is 9.90 Å². The molecule has 0 saturated carbocycles. The fourth-order valence-corrected chi connectivity index (χ4v) is 5.80. The van der Waals surface area contributed by atoms with Gasteiger partial charge in [0, 0.05) is 6.42 Å². The van der Waals surface area contributed by atoms with Gasteiger partial charge in [-0.25, -0.2) is 0 Å². The number of aliphatic hydroxyl groups excluding tert-OH is 1. The van der Waals surface area contributed by atoms with Gasteiger partial charge in [-0.2, -0.15) is 0 Å². The molecule has 0 saturated heterocycles. The van der Waals surface area contributed by atoms with Crippen molar-refractivity contribution in [2.24, 2.45) is 22.7 Å². The molecule has 3 heteroatoms. The molecule has 0 aromatic heterocycles. The van der Waals surface area contributed by atoms with Crippen LogP contribution in [0.15, 0.2) is 30.3 Å². The molecule has 0 aliphatic carbocycles. The Hall–Kier alpha value is -1.35. The van der Waals surface area contributed by atoms with E-state index < -0.39 is 6.10 Å². The van der Waals surface area contributed by atoms with E-state index in [-0.39, 0.29) is 28.6 Å². The third-order valence-corrected chi connectivity index (χ3v) is 8.32. The molecular weight excluding hydrogens is 468 g/mol. The van der Waals surface area contributed by atoms with Gasteiger partial charge in [-0.3, -0.25) is 4.79 Å². The molecule has 0 fully saturated rings. The molecule has 0 aliphatic heterocycles. The van der Waals surface area contributed by atoms with Crippen LogP contribution in [0.5, 0.6) is 0 Å². The van der Waals surface area contributed by atoms with E-state index in [1.807, 2.05) is 30.3 Å². The Labute approximate surface area is 236 Å². The zero-order valence-corrected chi connectivity index (χ0v) is 26.2. The van der Waals surface area contributed by atoms with Crippen molar-refractivity contribution in [2.75, 3.05) is 6.61 Å². The number of unbranched alkanes of at least 4 members (excludes halogenated alkanes) is 10. The first-order chi connectivity index (χ1) is 18.0. The number of hydrogen-bond acceptors (Lipinski definition) is 3. The summed E-state index contributed by atoms with van der Waals surface area (Å²) in [5.74, 6) is 0.171. The van der Waals surface area contributed by atoms with Crippen molar-refractivity contribution >= 4 is 5.97 Å². The van der Waals surface area contributed by atoms with E-state index in [1.165, 1.54) is 70.6 Å². The summed E-state index contributed by atoms with van der Waals surface area (Å²) in [5, 5.41) is 11.7. The van der Waals surface area contributed by atoms with E-state index in [2.05, 4.69) is 48.5 Å². The van der Waals surface area contributed by atoms with E-state index in [4.69, 9.17) is 4.74 Å². The van der Waals surface area contributed by atoms with Crippen LogP contribution in [0.3, 0.4) is 0 Å². The van der Waals surface area contributed by atoms with Gasteiger partial charge < -0.3 is 9.84 Å². The van der Waals surface area contributed by atoms with Crippen LogP contribution in [0.4, 0.5) is 0 Å². The lowest BCUT2D eigenvalue weighted by Gasteiger charge is -2.43. The molecule has 0 bridgehead atoms. The van der Waals surface area contributed by atoms with Crippen LogP contribution in [0, 0.1) is 22.7 Å². The third kappa shape index (κ3) is 15.3. The normalized spacial score (nSPS) is 14.7. The van der Waals surface area contributed by atoms with Crippen LogP contribution < -0.4 is 0 Å². The van der Waals surface area contributed by atoms with Crippen LogP contribution in [-0.4, -0.2) is 23.8 Å². The van der Waals surface area contributed by atoms with Gasteiger partial charge in [0.25, 0.3) is 0 Å². The third-order valence-electron chi connectivity index (χ3n) is 8.32.